The Morgan fingerprint density at radius 1 is 1.15 bits per heavy atom. The number of halogens is 2. The molecular formula is C12H24F2N2O4. The number of nitrogens with one attached hydrogen (secondary N) is 2. The smallest absolute Gasteiger partial charge is 0.407 e. The van der Waals surface area contributed by atoms with Crippen molar-refractivity contribution in [3.05, 3.63) is 0 Å². The maximum atomic E-state index is 13.5. The zero-order chi connectivity index (χ0) is 15.8. The molecule has 0 fully saturated rings. The number of alkyl halides is 2. The van der Waals surface area contributed by atoms with Crippen LogP contribution in [0.15, 0.2) is 0 Å². The van der Waals surface area contributed by atoms with E-state index in [1.165, 1.54) is 14.2 Å². The van der Waals surface area contributed by atoms with Gasteiger partial charge in [-0.2, -0.15) is 0 Å². The third kappa shape index (κ3) is 9.88. The Kier molecular flexibility index (Phi) is 7.92. The highest BCUT2D eigenvalue weighted by molar-refractivity contribution is 5.67. The van der Waals surface area contributed by atoms with Crippen molar-refractivity contribution < 1.29 is 27.8 Å². The summed E-state index contributed by atoms with van der Waals surface area (Å²) in [6.07, 6.45) is -1.46. The first-order valence-electron chi connectivity index (χ1n) is 6.20. The van der Waals surface area contributed by atoms with E-state index in [4.69, 9.17) is 14.2 Å². The summed E-state index contributed by atoms with van der Waals surface area (Å²) in [6.45, 7) is 3.67. The van der Waals surface area contributed by atoms with E-state index >= 15 is 0 Å². The first-order valence-corrected chi connectivity index (χ1v) is 6.20. The zero-order valence-electron chi connectivity index (χ0n) is 12.6. The predicted molar refractivity (Wildman–Crippen MR) is 69.9 cm³/mol. The monoisotopic (exact) mass is 298 g/mol. The van der Waals surface area contributed by atoms with Gasteiger partial charge in [-0.1, -0.05) is 0 Å². The summed E-state index contributed by atoms with van der Waals surface area (Å²) < 4.78 is 41.5. The third-order valence-corrected chi connectivity index (χ3v) is 2.11. The molecule has 0 atom stereocenters. The van der Waals surface area contributed by atoms with Gasteiger partial charge in [0.05, 0.1) is 13.1 Å². The summed E-state index contributed by atoms with van der Waals surface area (Å²) in [5.74, 6) is -3.09. The van der Waals surface area contributed by atoms with Gasteiger partial charge in [0, 0.05) is 20.8 Å². The quantitative estimate of drug-likeness (QED) is 0.662. The number of amides is 1. The Morgan fingerprint density at radius 2 is 1.70 bits per heavy atom. The molecule has 0 aromatic rings. The van der Waals surface area contributed by atoms with E-state index < -0.39 is 37.0 Å². The van der Waals surface area contributed by atoms with Crippen LogP contribution < -0.4 is 10.6 Å². The molecule has 0 aliphatic carbocycles. The average molecular weight is 298 g/mol. The van der Waals surface area contributed by atoms with Gasteiger partial charge in [0.15, 0.2) is 6.29 Å². The lowest BCUT2D eigenvalue weighted by Gasteiger charge is -2.22. The second-order valence-corrected chi connectivity index (χ2v) is 5.24. The molecule has 0 aromatic carbocycles. The van der Waals surface area contributed by atoms with Crippen molar-refractivity contribution in [1.82, 2.24) is 10.6 Å². The lowest BCUT2D eigenvalue weighted by atomic mass is 10.2. The summed E-state index contributed by atoms with van der Waals surface area (Å²) in [5.41, 5.74) is -0.720. The predicted octanol–water partition coefficient (Wildman–Crippen LogP) is 1.35. The number of hydrogen-bond donors (Lipinski definition) is 2. The molecule has 6 nitrogen and oxygen atoms in total. The molecule has 0 bridgehead atoms. The largest absolute Gasteiger partial charge is 0.444 e. The van der Waals surface area contributed by atoms with Crippen LogP contribution in [0.2, 0.25) is 0 Å². The molecule has 0 aliphatic heterocycles. The minimum atomic E-state index is -3.09. The standard InChI is InChI=1S/C12H24F2N2O4/c1-11(2,3)20-10(17)16-8-12(13,14)7-15-6-9(18-4)19-5/h9,15H,6-8H2,1-5H3,(H,16,17). The SMILES string of the molecule is COC(CNCC(F)(F)CNC(=O)OC(C)(C)C)OC. The first-order chi connectivity index (χ1) is 9.09. The maximum Gasteiger partial charge on any atom is 0.407 e. The van der Waals surface area contributed by atoms with Crippen molar-refractivity contribution >= 4 is 6.09 Å². The molecule has 0 radical (unpaired) electrons. The minimum absolute atomic E-state index is 0.120. The molecule has 8 heteroatoms. The van der Waals surface area contributed by atoms with Gasteiger partial charge in [0.2, 0.25) is 0 Å². The van der Waals surface area contributed by atoms with Crippen LogP contribution in [0.25, 0.3) is 0 Å². The number of hydrogen-bond acceptors (Lipinski definition) is 5. The molecule has 0 saturated carbocycles. The lowest BCUT2D eigenvalue weighted by Crippen LogP contribution is -2.46. The molecule has 0 spiro atoms. The summed E-state index contributed by atoms with van der Waals surface area (Å²) in [6, 6.07) is 0. The molecule has 0 unspecified atom stereocenters. The molecule has 0 saturated heterocycles. The number of carbonyl (C=O) groups is 1. The number of methoxy groups -OCH3 is 2. The molecular weight excluding hydrogens is 274 g/mol. The van der Waals surface area contributed by atoms with Crippen LogP contribution in [0.5, 0.6) is 0 Å². The molecule has 0 aromatic heterocycles. The Bertz CT molecular complexity index is 292. The van der Waals surface area contributed by atoms with Gasteiger partial charge in [-0.3, -0.25) is 0 Å². The van der Waals surface area contributed by atoms with Crippen LogP contribution in [-0.2, 0) is 14.2 Å². The van der Waals surface area contributed by atoms with Crippen LogP contribution in [0.1, 0.15) is 20.8 Å². The van der Waals surface area contributed by atoms with Gasteiger partial charge >= 0.3 is 6.09 Å². The van der Waals surface area contributed by atoms with Crippen LogP contribution in [0.4, 0.5) is 13.6 Å². The van der Waals surface area contributed by atoms with Crippen molar-refractivity contribution in [3.63, 3.8) is 0 Å². The van der Waals surface area contributed by atoms with E-state index in [0.717, 1.165) is 0 Å². The van der Waals surface area contributed by atoms with Crippen molar-refractivity contribution in [2.45, 2.75) is 38.6 Å². The summed E-state index contributed by atoms with van der Waals surface area (Å²) in [7, 11) is 2.83. The highest BCUT2D eigenvalue weighted by Crippen LogP contribution is 2.11. The van der Waals surface area contributed by atoms with E-state index in [1.807, 2.05) is 5.32 Å². The fraction of sp³-hybridized carbons (Fsp3) is 0.917. The molecule has 20 heavy (non-hydrogen) atoms. The molecule has 1 amide bonds. The van der Waals surface area contributed by atoms with Crippen molar-refractivity contribution in [2.24, 2.45) is 0 Å². The van der Waals surface area contributed by atoms with Crippen LogP contribution in [0.3, 0.4) is 0 Å². The van der Waals surface area contributed by atoms with Crippen LogP contribution in [-0.4, -0.2) is 57.8 Å². The highest BCUT2D eigenvalue weighted by Gasteiger charge is 2.30. The molecule has 120 valence electrons. The Labute approximate surface area is 118 Å². The van der Waals surface area contributed by atoms with Gasteiger partial charge in [0.1, 0.15) is 5.60 Å². The average Bonchev–Trinajstić information content (AvgIpc) is 2.30. The van der Waals surface area contributed by atoms with E-state index in [1.54, 1.807) is 20.8 Å². The number of carbonyl (C=O) groups excluding carboxylic acids is 1. The second kappa shape index (κ2) is 8.33. The fourth-order valence-corrected chi connectivity index (χ4v) is 1.21. The topological polar surface area (TPSA) is 68.8 Å². The van der Waals surface area contributed by atoms with E-state index in [9.17, 15) is 13.6 Å². The van der Waals surface area contributed by atoms with Crippen LogP contribution in [0, 0.1) is 0 Å². The number of alkyl carbamates (subject to hydrolysis) is 1. The summed E-state index contributed by atoms with van der Waals surface area (Å²) in [4.78, 5) is 11.3. The van der Waals surface area contributed by atoms with E-state index in [0.29, 0.717) is 0 Å². The van der Waals surface area contributed by atoms with Gasteiger partial charge in [-0.15, -0.1) is 0 Å². The fourth-order valence-electron chi connectivity index (χ4n) is 1.21. The van der Waals surface area contributed by atoms with Gasteiger partial charge in [0.25, 0.3) is 5.92 Å². The van der Waals surface area contributed by atoms with Crippen molar-refractivity contribution in [3.8, 4) is 0 Å². The normalized spacial score (nSPS) is 12.6. The Balaban J connectivity index is 3.98. The van der Waals surface area contributed by atoms with Crippen molar-refractivity contribution in [2.75, 3.05) is 33.9 Å². The summed E-state index contributed by atoms with van der Waals surface area (Å²) in [5, 5.41) is 4.54. The number of ether oxygens (including phenoxy) is 3. The highest BCUT2D eigenvalue weighted by atomic mass is 19.3. The minimum Gasteiger partial charge on any atom is -0.444 e. The maximum absolute atomic E-state index is 13.5. The molecule has 0 rings (SSSR count). The van der Waals surface area contributed by atoms with Gasteiger partial charge in [-0.25, -0.2) is 13.6 Å². The van der Waals surface area contributed by atoms with Crippen molar-refractivity contribution in [1.29, 1.82) is 0 Å². The second-order valence-electron chi connectivity index (χ2n) is 5.24. The van der Waals surface area contributed by atoms with E-state index in [-0.39, 0.29) is 6.54 Å². The van der Waals surface area contributed by atoms with E-state index in [2.05, 4.69) is 5.32 Å². The van der Waals surface area contributed by atoms with Crippen LogP contribution >= 0.6 is 0 Å². The third-order valence-electron chi connectivity index (χ3n) is 2.11. The Morgan fingerprint density at radius 3 is 2.15 bits per heavy atom. The van der Waals surface area contributed by atoms with Gasteiger partial charge < -0.3 is 24.8 Å². The lowest BCUT2D eigenvalue weighted by molar-refractivity contribution is -0.102. The van der Waals surface area contributed by atoms with Gasteiger partial charge in [-0.05, 0) is 20.8 Å². The first kappa shape index (κ1) is 19.0. The summed E-state index contributed by atoms with van der Waals surface area (Å²) >= 11 is 0. The molecule has 0 heterocycles. The molecule has 2 N–H and O–H groups in total. The Hall–Kier alpha value is -0.990. The number of rotatable bonds is 8. The zero-order valence-corrected chi connectivity index (χ0v) is 12.6. The molecule has 0 aliphatic rings.